The van der Waals surface area contributed by atoms with Crippen LogP contribution in [0.3, 0.4) is 0 Å². The first kappa shape index (κ1) is 12.6. The number of rotatable bonds is 7. The summed E-state index contributed by atoms with van der Waals surface area (Å²) in [4.78, 5) is 0. The molecule has 0 amide bonds. The maximum atomic E-state index is 5.69. The molecule has 0 saturated carbocycles. The third-order valence-corrected chi connectivity index (χ3v) is 2.13. The summed E-state index contributed by atoms with van der Waals surface area (Å²) in [6.45, 7) is 10.1. The third kappa shape index (κ3) is 5.80. The highest BCUT2D eigenvalue weighted by atomic mass is 16.5. The molecule has 0 aromatic rings. The molecule has 1 atom stereocenters. The molecule has 3 heteroatoms. The first-order valence-corrected chi connectivity index (χ1v) is 4.62. The number of hydrogen-bond acceptors (Lipinski definition) is 3. The molecular weight excluding hydrogens is 164 g/mol. The van der Waals surface area contributed by atoms with Crippen LogP contribution < -0.4 is 11.1 Å². The standard InChI is InChI=1S/C10H22N2O/c1-9(2)7-12-10(3,8-11)5-6-13-4/h12H,1,5-8,11H2,2-4H3. The van der Waals surface area contributed by atoms with Gasteiger partial charge in [-0.05, 0) is 20.3 Å². The Morgan fingerprint density at radius 1 is 1.62 bits per heavy atom. The first-order chi connectivity index (χ1) is 6.04. The minimum atomic E-state index is -0.0328. The lowest BCUT2D eigenvalue weighted by Gasteiger charge is -2.29. The van der Waals surface area contributed by atoms with E-state index in [4.69, 9.17) is 10.5 Å². The van der Waals surface area contributed by atoms with Gasteiger partial charge in [-0.15, -0.1) is 0 Å². The molecule has 0 aliphatic rings. The Morgan fingerprint density at radius 3 is 2.62 bits per heavy atom. The van der Waals surface area contributed by atoms with Gasteiger partial charge in [0.05, 0.1) is 0 Å². The number of nitrogens with two attached hydrogens (primary N) is 1. The van der Waals surface area contributed by atoms with Crippen LogP contribution in [0.4, 0.5) is 0 Å². The van der Waals surface area contributed by atoms with Crippen LogP contribution in [-0.4, -0.2) is 32.3 Å². The van der Waals surface area contributed by atoms with Gasteiger partial charge in [0.2, 0.25) is 0 Å². The minimum absolute atomic E-state index is 0.0328. The zero-order valence-corrected chi connectivity index (χ0v) is 9.02. The van der Waals surface area contributed by atoms with Crippen molar-refractivity contribution in [3.8, 4) is 0 Å². The quantitative estimate of drug-likeness (QED) is 0.581. The van der Waals surface area contributed by atoms with Crippen molar-refractivity contribution >= 4 is 0 Å². The van der Waals surface area contributed by atoms with Crippen LogP contribution in [0.2, 0.25) is 0 Å². The normalized spacial score (nSPS) is 15.4. The Labute approximate surface area is 81.3 Å². The van der Waals surface area contributed by atoms with E-state index in [1.54, 1.807) is 7.11 Å². The minimum Gasteiger partial charge on any atom is -0.385 e. The Kier molecular flexibility index (Phi) is 5.95. The van der Waals surface area contributed by atoms with E-state index in [1.807, 2.05) is 6.92 Å². The second-order valence-corrected chi connectivity index (χ2v) is 3.82. The summed E-state index contributed by atoms with van der Waals surface area (Å²) in [5.41, 5.74) is 6.78. The SMILES string of the molecule is C=C(C)CNC(C)(CN)CCOC. The number of hydrogen-bond donors (Lipinski definition) is 2. The Morgan fingerprint density at radius 2 is 2.23 bits per heavy atom. The van der Waals surface area contributed by atoms with Crippen LogP contribution >= 0.6 is 0 Å². The molecule has 78 valence electrons. The van der Waals surface area contributed by atoms with Crippen molar-refractivity contribution < 1.29 is 4.74 Å². The highest BCUT2D eigenvalue weighted by Gasteiger charge is 2.20. The second-order valence-electron chi connectivity index (χ2n) is 3.82. The van der Waals surface area contributed by atoms with Crippen molar-refractivity contribution in [1.82, 2.24) is 5.32 Å². The van der Waals surface area contributed by atoms with Crippen molar-refractivity contribution in [3.63, 3.8) is 0 Å². The van der Waals surface area contributed by atoms with Gasteiger partial charge in [0.1, 0.15) is 0 Å². The van der Waals surface area contributed by atoms with Crippen LogP contribution in [0, 0.1) is 0 Å². The summed E-state index contributed by atoms with van der Waals surface area (Å²) in [6, 6.07) is 0. The zero-order chi connectivity index (χ0) is 10.3. The average molecular weight is 186 g/mol. The molecule has 3 N–H and O–H groups in total. The number of ether oxygens (including phenoxy) is 1. The molecule has 0 heterocycles. The highest BCUT2D eigenvalue weighted by molar-refractivity contribution is 4.95. The van der Waals surface area contributed by atoms with Crippen molar-refractivity contribution in [2.45, 2.75) is 25.8 Å². The van der Waals surface area contributed by atoms with Crippen LogP contribution in [0.5, 0.6) is 0 Å². The lowest BCUT2D eigenvalue weighted by atomic mass is 9.98. The molecule has 0 saturated heterocycles. The number of methoxy groups -OCH3 is 1. The first-order valence-electron chi connectivity index (χ1n) is 4.62. The fourth-order valence-electron chi connectivity index (χ4n) is 0.954. The maximum absolute atomic E-state index is 5.69. The van der Waals surface area contributed by atoms with Crippen molar-refractivity contribution in [2.75, 3.05) is 26.8 Å². The second kappa shape index (κ2) is 6.13. The molecule has 0 aromatic carbocycles. The van der Waals surface area contributed by atoms with E-state index in [1.165, 1.54) is 0 Å². The molecule has 0 radical (unpaired) electrons. The van der Waals surface area contributed by atoms with Gasteiger partial charge >= 0.3 is 0 Å². The van der Waals surface area contributed by atoms with Crippen molar-refractivity contribution in [2.24, 2.45) is 5.73 Å². The molecule has 0 bridgehead atoms. The van der Waals surface area contributed by atoms with E-state index < -0.39 is 0 Å². The molecule has 3 nitrogen and oxygen atoms in total. The summed E-state index contributed by atoms with van der Waals surface area (Å²) in [6.07, 6.45) is 0.924. The highest BCUT2D eigenvalue weighted by Crippen LogP contribution is 2.07. The van der Waals surface area contributed by atoms with E-state index in [0.717, 1.165) is 25.1 Å². The van der Waals surface area contributed by atoms with E-state index >= 15 is 0 Å². The summed E-state index contributed by atoms with van der Waals surface area (Å²) in [5.74, 6) is 0. The smallest absolute Gasteiger partial charge is 0.0480 e. The monoisotopic (exact) mass is 186 g/mol. The Balaban J connectivity index is 3.87. The molecular formula is C10H22N2O. The summed E-state index contributed by atoms with van der Waals surface area (Å²) < 4.78 is 5.03. The van der Waals surface area contributed by atoms with Crippen LogP contribution in [0.15, 0.2) is 12.2 Å². The molecule has 0 aliphatic heterocycles. The maximum Gasteiger partial charge on any atom is 0.0480 e. The Bertz CT molecular complexity index is 159. The third-order valence-electron chi connectivity index (χ3n) is 2.13. The Hall–Kier alpha value is -0.380. The van der Waals surface area contributed by atoms with Crippen molar-refractivity contribution in [3.05, 3.63) is 12.2 Å². The topological polar surface area (TPSA) is 47.3 Å². The van der Waals surface area contributed by atoms with Crippen LogP contribution in [0.1, 0.15) is 20.3 Å². The largest absolute Gasteiger partial charge is 0.385 e. The molecule has 0 fully saturated rings. The van der Waals surface area contributed by atoms with E-state index in [9.17, 15) is 0 Å². The van der Waals surface area contributed by atoms with Gasteiger partial charge in [-0.2, -0.15) is 0 Å². The van der Waals surface area contributed by atoms with Gasteiger partial charge in [-0.1, -0.05) is 12.2 Å². The molecule has 13 heavy (non-hydrogen) atoms. The summed E-state index contributed by atoms with van der Waals surface area (Å²) >= 11 is 0. The van der Waals surface area contributed by atoms with Crippen molar-refractivity contribution in [1.29, 1.82) is 0 Å². The van der Waals surface area contributed by atoms with Gasteiger partial charge < -0.3 is 15.8 Å². The lowest BCUT2D eigenvalue weighted by Crippen LogP contribution is -2.49. The average Bonchev–Trinajstić information content (AvgIpc) is 2.11. The number of nitrogens with one attached hydrogen (secondary N) is 1. The van der Waals surface area contributed by atoms with Crippen LogP contribution in [0.25, 0.3) is 0 Å². The summed E-state index contributed by atoms with van der Waals surface area (Å²) in [7, 11) is 1.70. The predicted molar refractivity (Wildman–Crippen MR) is 56.8 cm³/mol. The molecule has 0 aromatic heterocycles. The molecule has 0 spiro atoms. The van der Waals surface area contributed by atoms with E-state index in [0.29, 0.717) is 6.54 Å². The fraction of sp³-hybridized carbons (Fsp3) is 0.800. The van der Waals surface area contributed by atoms with Gasteiger partial charge in [-0.25, -0.2) is 0 Å². The fourth-order valence-corrected chi connectivity index (χ4v) is 0.954. The molecule has 1 unspecified atom stereocenters. The van der Waals surface area contributed by atoms with Crippen LogP contribution in [-0.2, 0) is 4.74 Å². The van der Waals surface area contributed by atoms with Gasteiger partial charge in [0, 0.05) is 32.3 Å². The van der Waals surface area contributed by atoms with Gasteiger partial charge in [0.15, 0.2) is 0 Å². The van der Waals surface area contributed by atoms with Gasteiger partial charge in [-0.3, -0.25) is 0 Å². The predicted octanol–water partition coefficient (Wildman–Crippen LogP) is 0.906. The van der Waals surface area contributed by atoms with E-state index in [2.05, 4.69) is 18.8 Å². The molecule has 0 rings (SSSR count). The van der Waals surface area contributed by atoms with Gasteiger partial charge in [0.25, 0.3) is 0 Å². The molecule has 0 aliphatic carbocycles. The zero-order valence-electron chi connectivity index (χ0n) is 9.02. The summed E-state index contributed by atoms with van der Waals surface area (Å²) in [5, 5.41) is 3.38. The lowest BCUT2D eigenvalue weighted by molar-refractivity contribution is 0.163. The van der Waals surface area contributed by atoms with E-state index in [-0.39, 0.29) is 5.54 Å².